The van der Waals surface area contributed by atoms with Crippen molar-refractivity contribution < 1.29 is 15.0 Å². The van der Waals surface area contributed by atoms with Crippen molar-refractivity contribution in [2.24, 2.45) is 0 Å². The Labute approximate surface area is 94.1 Å². The molecular weight excluding hydrogens is 206 g/mol. The van der Waals surface area contributed by atoms with Crippen LogP contribution in [0.2, 0.25) is 0 Å². The lowest BCUT2D eigenvalue weighted by Gasteiger charge is -2.21. The second-order valence-corrected chi connectivity index (χ2v) is 4.03. The first kappa shape index (κ1) is 11.0. The summed E-state index contributed by atoms with van der Waals surface area (Å²) in [5.74, 6) is 0. The highest BCUT2D eigenvalue weighted by Crippen LogP contribution is 2.31. The first-order valence-electron chi connectivity index (χ1n) is 5.41. The first-order valence-corrected chi connectivity index (χ1v) is 5.41. The average molecular weight is 221 g/mol. The van der Waals surface area contributed by atoms with Gasteiger partial charge < -0.3 is 15.1 Å². The number of likely N-dealkylation sites (tertiary alicyclic amines) is 1. The number of rotatable bonds is 2. The Morgan fingerprint density at radius 2 is 2.06 bits per heavy atom. The number of hydrogen-bond donors (Lipinski definition) is 2. The van der Waals surface area contributed by atoms with Gasteiger partial charge in [-0.2, -0.15) is 0 Å². The highest BCUT2D eigenvalue weighted by atomic mass is 16.4. The molecule has 86 valence electrons. The minimum atomic E-state index is -0.853. The van der Waals surface area contributed by atoms with Gasteiger partial charge in [0.2, 0.25) is 0 Å². The van der Waals surface area contributed by atoms with Crippen LogP contribution >= 0.6 is 0 Å². The van der Waals surface area contributed by atoms with Crippen LogP contribution in [0.1, 0.15) is 30.0 Å². The summed E-state index contributed by atoms with van der Waals surface area (Å²) in [7, 11) is 0. The molecule has 1 atom stereocenters. The van der Waals surface area contributed by atoms with Gasteiger partial charge in [0.1, 0.15) is 0 Å². The summed E-state index contributed by atoms with van der Waals surface area (Å²) in [5, 5.41) is 18.0. The van der Waals surface area contributed by atoms with E-state index in [1.54, 1.807) is 0 Å². The van der Waals surface area contributed by atoms with Crippen LogP contribution in [0.15, 0.2) is 24.3 Å². The van der Waals surface area contributed by atoms with Crippen LogP contribution in [-0.2, 0) is 6.61 Å². The topological polar surface area (TPSA) is 60.8 Å². The number of nitrogens with zero attached hydrogens (tertiary/aromatic N) is 1. The number of hydrogen-bond acceptors (Lipinski definition) is 2. The summed E-state index contributed by atoms with van der Waals surface area (Å²) in [6, 6.07) is 7.46. The van der Waals surface area contributed by atoms with E-state index in [0.717, 1.165) is 24.0 Å². The second-order valence-electron chi connectivity index (χ2n) is 4.03. The molecule has 1 aliphatic rings. The number of carbonyl (C=O) groups is 1. The van der Waals surface area contributed by atoms with Gasteiger partial charge in [-0.3, -0.25) is 0 Å². The molecule has 1 amide bonds. The van der Waals surface area contributed by atoms with E-state index in [0.29, 0.717) is 6.54 Å². The van der Waals surface area contributed by atoms with Gasteiger partial charge in [-0.25, -0.2) is 4.79 Å². The van der Waals surface area contributed by atoms with Crippen molar-refractivity contribution in [1.82, 2.24) is 4.90 Å². The van der Waals surface area contributed by atoms with Crippen molar-refractivity contribution in [2.75, 3.05) is 6.54 Å². The van der Waals surface area contributed by atoms with Gasteiger partial charge in [-0.1, -0.05) is 24.3 Å². The van der Waals surface area contributed by atoms with Crippen LogP contribution in [0.5, 0.6) is 0 Å². The maximum atomic E-state index is 11.0. The Balaban J connectivity index is 2.19. The van der Waals surface area contributed by atoms with Gasteiger partial charge in [-0.05, 0) is 24.0 Å². The van der Waals surface area contributed by atoms with E-state index < -0.39 is 6.09 Å². The summed E-state index contributed by atoms with van der Waals surface area (Å²) in [6.07, 6.45) is 0.942. The third-order valence-corrected chi connectivity index (χ3v) is 3.05. The minimum Gasteiger partial charge on any atom is -0.465 e. The molecule has 1 aromatic carbocycles. The van der Waals surface area contributed by atoms with E-state index in [-0.39, 0.29) is 12.6 Å². The van der Waals surface area contributed by atoms with Crippen molar-refractivity contribution >= 4 is 6.09 Å². The summed E-state index contributed by atoms with van der Waals surface area (Å²) in [5.41, 5.74) is 1.86. The molecule has 0 aliphatic carbocycles. The maximum Gasteiger partial charge on any atom is 0.407 e. The Morgan fingerprint density at radius 3 is 2.62 bits per heavy atom. The summed E-state index contributed by atoms with van der Waals surface area (Å²) in [6.45, 7) is 0.634. The summed E-state index contributed by atoms with van der Waals surface area (Å²) < 4.78 is 0. The van der Waals surface area contributed by atoms with Crippen LogP contribution in [0.25, 0.3) is 0 Å². The van der Waals surface area contributed by atoms with Gasteiger partial charge in [0, 0.05) is 6.54 Å². The molecule has 2 N–H and O–H groups in total. The molecule has 1 saturated heterocycles. The lowest BCUT2D eigenvalue weighted by molar-refractivity contribution is 0.140. The number of amides is 1. The lowest BCUT2D eigenvalue weighted by atomic mass is 10.0. The van der Waals surface area contributed by atoms with Gasteiger partial charge in [0.25, 0.3) is 0 Å². The molecular formula is C12H15NO3. The maximum absolute atomic E-state index is 11.0. The number of carboxylic acid groups (broad SMARTS) is 1. The van der Waals surface area contributed by atoms with Gasteiger partial charge >= 0.3 is 6.09 Å². The van der Waals surface area contributed by atoms with E-state index in [1.807, 2.05) is 24.3 Å². The molecule has 1 aromatic rings. The summed E-state index contributed by atoms with van der Waals surface area (Å²) >= 11 is 0. The molecule has 2 rings (SSSR count). The highest BCUT2D eigenvalue weighted by molar-refractivity contribution is 5.66. The molecule has 0 bridgehead atoms. The number of benzene rings is 1. The van der Waals surface area contributed by atoms with E-state index in [9.17, 15) is 4.79 Å². The summed E-state index contributed by atoms with van der Waals surface area (Å²) in [4.78, 5) is 12.5. The third-order valence-electron chi connectivity index (χ3n) is 3.05. The predicted octanol–water partition coefficient (Wildman–Crippen LogP) is 1.99. The van der Waals surface area contributed by atoms with Crippen molar-refractivity contribution in [2.45, 2.75) is 25.5 Å². The van der Waals surface area contributed by atoms with Crippen LogP contribution < -0.4 is 0 Å². The quantitative estimate of drug-likeness (QED) is 0.802. The SMILES string of the molecule is O=C(O)N1CCCC1c1ccc(CO)cc1. The van der Waals surface area contributed by atoms with Crippen molar-refractivity contribution in [3.63, 3.8) is 0 Å². The molecule has 16 heavy (non-hydrogen) atoms. The predicted molar refractivity (Wildman–Crippen MR) is 59.1 cm³/mol. The van der Waals surface area contributed by atoms with Crippen LogP contribution in [0.3, 0.4) is 0 Å². The zero-order chi connectivity index (χ0) is 11.5. The molecule has 0 radical (unpaired) electrons. The van der Waals surface area contributed by atoms with Crippen molar-refractivity contribution in [3.8, 4) is 0 Å². The van der Waals surface area contributed by atoms with Gasteiger partial charge in [-0.15, -0.1) is 0 Å². The van der Waals surface area contributed by atoms with E-state index in [1.165, 1.54) is 4.90 Å². The Bertz CT molecular complexity index is 374. The molecule has 4 nitrogen and oxygen atoms in total. The fourth-order valence-electron chi connectivity index (χ4n) is 2.19. The van der Waals surface area contributed by atoms with Gasteiger partial charge in [0.05, 0.1) is 12.6 Å². The molecule has 1 unspecified atom stereocenters. The lowest BCUT2D eigenvalue weighted by Crippen LogP contribution is -2.28. The smallest absolute Gasteiger partial charge is 0.407 e. The Morgan fingerprint density at radius 1 is 1.38 bits per heavy atom. The fraction of sp³-hybridized carbons (Fsp3) is 0.417. The fourth-order valence-corrected chi connectivity index (χ4v) is 2.19. The third kappa shape index (κ3) is 2.02. The minimum absolute atomic E-state index is 0.0214. The molecule has 1 fully saturated rings. The number of aliphatic hydroxyl groups excluding tert-OH is 1. The molecule has 1 heterocycles. The van der Waals surface area contributed by atoms with Crippen LogP contribution in [0, 0.1) is 0 Å². The molecule has 4 heteroatoms. The standard InChI is InChI=1S/C12H15NO3/c14-8-9-3-5-10(6-4-9)11-2-1-7-13(11)12(15)16/h3-6,11,14H,1-2,7-8H2,(H,15,16). The highest BCUT2D eigenvalue weighted by Gasteiger charge is 2.29. The van der Waals surface area contributed by atoms with Crippen molar-refractivity contribution in [1.29, 1.82) is 0 Å². The van der Waals surface area contributed by atoms with E-state index >= 15 is 0 Å². The number of aliphatic hydroxyl groups is 1. The monoisotopic (exact) mass is 221 g/mol. The van der Waals surface area contributed by atoms with Crippen LogP contribution in [0.4, 0.5) is 4.79 Å². The largest absolute Gasteiger partial charge is 0.465 e. The van der Waals surface area contributed by atoms with E-state index in [4.69, 9.17) is 10.2 Å². The second kappa shape index (κ2) is 4.53. The van der Waals surface area contributed by atoms with Crippen LogP contribution in [-0.4, -0.2) is 27.8 Å². The normalized spacial score (nSPS) is 20.1. The van der Waals surface area contributed by atoms with E-state index in [2.05, 4.69) is 0 Å². The molecule has 0 aromatic heterocycles. The molecule has 0 saturated carbocycles. The molecule has 1 aliphatic heterocycles. The average Bonchev–Trinajstić information content (AvgIpc) is 2.78. The molecule has 0 spiro atoms. The van der Waals surface area contributed by atoms with Crippen molar-refractivity contribution in [3.05, 3.63) is 35.4 Å². The first-order chi connectivity index (χ1) is 7.72. The zero-order valence-electron chi connectivity index (χ0n) is 8.97. The Kier molecular flexibility index (Phi) is 3.10. The van der Waals surface area contributed by atoms with Gasteiger partial charge in [0.15, 0.2) is 0 Å². The Hall–Kier alpha value is -1.55. The zero-order valence-corrected chi connectivity index (χ0v) is 8.97.